The van der Waals surface area contributed by atoms with E-state index >= 15 is 0 Å². The van der Waals surface area contributed by atoms with Gasteiger partial charge in [0.15, 0.2) is 0 Å². The van der Waals surface area contributed by atoms with Crippen molar-refractivity contribution in [1.29, 1.82) is 5.26 Å². The molecule has 156 valence electrons. The van der Waals surface area contributed by atoms with Crippen LogP contribution in [0.3, 0.4) is 0 Å². The summed E-state index contributed by atoms with van der Waals surface area (Å²) in [4.78, 5) is 20.5. The van der Waals surface area contributed by atoms with Crippen LogP contribution >= 0.6 is 0 Å². The number of hydrogen-bond acceptors (Lipinski definition) is 5. The fourth-order valence-electron chi connectivity index (χ4n) is 4.76. The minimum absolute atomic E-state index is 0.173. The van der Waals surface area contributed by atoms with Crippen molar-refractivity contribution in [3.05, 3.63) is 59.8 Å². The molecule has 0 aliphatic carbocycles. The monoisotopic (exact) mass is 411 g/mol. The van der Waals surface area contributed by atoms with Gasteiger partial charge in [-0.2, -0.15) is 5.26 Å². The molecule has 3 heterocycles. The molecule has 0 radical (unpaired) electrons. The Kier molecular flexibility index (Phi) is 4.70. The Labute approximate surface area is 182 Å². The van der Waals surface area contributed by atoms with Gasteiger partial charge in [-0.05, 0) is 50.1 Å². The number of fused-ring (bicyclic) bond motifs is 2. The van der Waals surface area contributed by atoms with Crippen LogP contribution in [0.4, 0.5) is 11.5 Å². The first-order chi connectivity index (χ1) is 15.1. The van der Waals surface area contributed by atoms with Crippen LogP contribution in [0.25, 0.3) is 11.0 Å². The molecule has 5 rings (SSSR count). The lowest BCUT2D eigenvalue weighted by Gasteiger charge is -2.38. The van der Waals surface area contributed by atoms with Crippen LogP contribution < -0.4 is 9.80 Å². The highest BCUT2D eigenvalue weighted by molar-refractivity contribution is 6.00. The van der Waals surface area contributed by atoms with Crippen LogP contribution in [-0.4, -0.2) is 52.5 Å². The first-order valence-corrected chi connectivity index (χ1v) is 10.6. The third-order valence-corrected chi connectivity index (χ3v) is 6.39. The summed E-state index contributed by atoms with van der Waals surface area (Å²) < 4.78 is 0. The fraction of sp³-hybridized carbons (Fsp3) is 0.333. The van der Waals surface area contributed by atoms with E-state index in [4.69, 9.17) is 4.98 Å². The lowest BCUT2D eigenvalue weighted by molar-refractivity contribution is 0.288. The summed E-state index contributed by atoms with van der Waals surface area (Å²) in [5.74, 6) is 1.65. The lowest BCUT2D eigenvalue weighted by Crippen LogP contribution is -2.54. The van der Waals surface area contributed by atoms with Crippen molar-refractivity contribution < 1.29 is 0 Å². The first kappa shape index (κ1) is 19.3. The van der Waals surface area contributed by atoms with E-state index in [1.165, 1.54) is 11.1 Å². The van der Waals surface area contributed by atoms with Crippen molar-refractivity contribution in [3.8, 4) is 6.19 Å². The predicted molar refractivity (Wildman–Crippen MR) is 123 cm³/mol. The fourth-order valence-corrected chi connectivity index (χ4v) is 4.76. The molecule has 0 bridgehead atoms. The first-order valence-electron chi connectivity index (χ1n) is 10.6. The number of guanidine groups is 1. The summed E-state index contributed by atoms with van der Waals surface area (Å²) in [6.07, 6.45) is 3.89. The second-order valence-electron chi connectivity index (χ2n) is 8.34. The van der Waals surface area contributed by atoms with Gasteiger partial charge in [0.1, 0.15) is 5.82 Å². The highest BCUT2D eigenvalue weighted by Crippen LogP contribution is 2.34. The number of rotatable bonds is 2. The van der Waals surface area contributed by atoms with E-state index in [1.807, 2.05) is 30.6 Å². The summed E-state index contributed by atoms with van der Waals surface area (Å²) in [7, 11) is 0. The van der Waals surface area contributed by atoms with Crippen LogP contribution in [0.1, 0.15) is 18.1 Å². The van der Waals surface area contributed by atoms with Gasteiger partial charge in [-0.25, -0.2) is 4.98 Å². The molecular weight excluding hydrogens is 386 g/mol. The Morgan fingerprint density at radius 2 is 1.94 bits per heavy atom. The maximum Gasteiger partial charge on any atom is 0.217 e. The molecule has 2 atom stereocenters. The number of nitriles is 1. The molecule has 2 saturated heterocycles. The van der Waals surface area contributed by atoms with Gasteiger partial charge < -0.3 is 14.7 Å². The molecule has 2 aliphatic rings. The molecule has 1 aromatic heterocycles. The van der Waals surface area contributed by atoms with E-state index in [1.54, 1.807) is 0 Å². The maximum absolute atomic E-state index is 9.37. The van der Waals surface area contributed by atoms with Crippen molar-refractivity contribution in [2.45, 2.75) is 32.9 Å². The van der Waals surface area contributed by atoms with Gasteiger partial charge in [-0.1, -0.05) is 24.3 Å². The molecular formula is C24H25N7. The number of aliphatic imine (C=N–C) groups is 1. The van der Waals surface area contributed by atoms with E-state index in [0.29, 0.717) is 0 Å². The summed E-state index contributed by atoms with van der Waals surface area (Å²) >= 11 is 0. The number of aryl methyl sites for hydroxylation is 2. The maximum atomic E-state index is 9.37. The number of anilines is 2. The van der Waals surface area contributed by atoms with Crippen LogP contribution in [0.5, 0.6) is 0 Å². The zero-order valence-electron chi connectivity index (χ0n) is 18.0. The third-order valence-electron chi connectivity index (χ3n) is 6.39. The topological polar surface area (TPSA) is 71.7 Å². The smallest absolute Gasteiger partial charge is 0.217 e. The molecule has 2 aliphatic heterocycles. The molecule has 0 N–H and O–H groups in total. The van der Waals surface area contributed by atoms with Crippen molar-refractivity contribution >= 4 is 28.5 Å². The van der Waals surface area contributed by atoms with Gasteiger partial charge in [-0.15, -0.1) is 4.99 Å². The number of para-hydroxylation sites is 1. The summed E-state index contributed by atoms with van der Waals surface area (Å²) in [5.41, 5.74) is 5.29. The van der Waals surface area contributed by atoms with Crippen LogP contribution in [0.15, 0.2) is 53.7 Å². The zero-order valence-corrected chi connectivity index (χ0v) is 18.0. The molecule has 0 amide bonds. The molecule has 31 heavy (non-hydrogen) atoms. The van der Waals surface area contributed by atoms with E-state index in [-0.39, 0.29) is 12.1 Å². The van der Waals surface area contributed by atoms with Gasteiger partial charge in [-0.3, -0.25) is 4.98 Å². The normalized spacial score (nSPS) is 22.1. The molecule has 2 fully saturated rings. The van der Waals surface area contributed by atoms with Gasteiger partial charge >= 0.3 is 0 Å². The average molecular weight is 412 g/mol. The van der Waals surface area contributed by atoms with Gasteiger partial charge in [0.05, 0.1) is 29.3 Å². The van der Waals surface area contributed by atoms with Crippen molar-refractivity contribution in [1.82, 2.24) is 14.9 Å². The molecule has 3 aromatic rings. The highest BCUT2D eigenvalue weighted by Gasteiger charge is 2.45. The number of piperazine rings is 1. The Balaban J connectivity index is 1.48. The second kappa shape index (κ2) is 7.55. The van der Waals surface area contributed by atoms with Crippen molar-refractivity contribution in [2.75, 3.05) is 29.4 Å². The van der Waals surface area contributed by atoms with Crippen LogP contribution in [0, 0.1) is 25.3 Å². The number of aromatic nitrogens is 2. The molecule has 0 saturated carbocycles. The van der Waals surface area contributed by atoms with Gasteiger partial charge in [0.2, 0.25) is 12.2 Å². The average Bonchev–Trinajstić information content (AvgIpc) is 3.05. The summed E-state index contributed by atoms with van der Waals surface area (Å²) in [6, 6.07) is 14.8. The largest absolute Gasteiger partial charge is 0.351 e. The summed E-state index contributed by atoms with van der Waals surface area (Å²) in [5, 5.41) is 9.37. The quantitative estimate of drug-likeness (QED) is 0.601. The Morgan fingerprint density at radius 3 is 2.74 bits per heavy atom. The Bertz CT molecular complexity index is 1210. The van der Waals surface area contributed by atoms with Crippen molar-refractivity contribution in [2.24, 2.45) is 4.99 Å². The minimum Gasteiger partial charge on any atom is -0.351 e. The highest BCUT2D eigenvalue weighted by atomic mass is 15.5. The SMILES string of the molecule is Cc1ccc2ncc(N3CCN4C(=NC#N)N(c5ccccc5C)C(C)C4C3)nc2c1. The van der Waals surface area contributed by atoms with E-state index in [9.17, 15) is 5.26 Å². The second-order valence-corrected chi connectivity index (χ2v) is 8.34. The third kappa shape index (κ3) is 3.25. The standard InChI is InChI=1S/C24H25N7/c1-16-8-9-19-20(12-16)28-23(13-26-19)29-10-11-30-22(14-29)18(3)31(24(30)27-15-25)21-7-5-4-6-17(21)2/h4-9,12-13,18,22H,10-11,14H2,1-3H3. The van der Waals surface area contributed by atoms with Gasteiger partial charge in [0, 0.05) is 25.3 Å². The predicted octanol–water partition coefficient (Wildman–Crippen LogP) is 3.48. The van der Waals surface area contributed by atoms with E-state index in [2.05, 4.69) is 69.7 Å². The number of hydrogen-bond donors (Lipinski definition) is 0. The van der Waals surface area contributed by atoms with E-state index in [0.717, 1.165) is 48.1 Å². The van der Waals surface area contributed by atoms with Crippen molar-refractivity contribution in [3.63, 3.8) is 0 Å². The number of benzene rings is 2. The van der Waals surface area contributed by atoms with Gasteiger partial charge in [0.25, 0.3) is 0 Å². The Hall–Kier alpha value is -3.66. The Morgan fingerprint density at radius 1 is 1.10 bits per heavy atom. The minimum atomic E-state index is 0.173. The summed E-state index contributed by atoms with van der Waals surface area (Å²) in [6.45, 7) is 8.78. The lowest BCUT2D eigenvalue weighted by atomic mass is 10.1. The molecule has 7 heteroatoms. The molecule has 2 unspecified atom stereocenters. The van der Waals surface area contributed by atoms with Crippen LogP contribution in [-0.2, 0) is 0 Å². The van der Waals surface area contributed by atoms with E-state index < -0.39 is 0 Å². The number of nitrogens with zero attached hydrogens (tertiary/aromatic N) is 7. The van der Waals surface area contributed by atoms with Crippen LogP contribution in [0.2, 0.25) is 0 Å². The zero-order chi connectivity index (χ0) is 21.5. The molecule has 0 spiro atoms. The molecule has 7 nitrogen and oxygen atoms in total. The molecule has 2 aromatic carbocycles.